The summed E-state index contributed by atoms with van der Waals surface area (Å²) in [5.41, 5.74) is -0.0224. The molecule has 2 heterocycles. The summed E-state index contributed by atoms with van der Waals surface area (Å²) >= 11 is 0. The van der Waals surface area contributed by atoms with E-state index in [2.05, 4.69) is 10.3 Å². The van der Waals surface area contributed by atoms with Crippen LogP contribution < -0.4 is 16.6 Å². The highest BCUT2D eigenvalue weighted by Crippen LogP contribution is 2.07. The monoisotopic (exact) mass is 359 g/mol. The molecule has 3 aromatic rings. The predicted molar refractivity (Wildman–Crippen MR) is 93.4 cm³/mol. The molecule has 3 rings (SSSR count). The van der Waals surface area contributed by atoms with E-state index in [1.807, 2.05) is 6.07 Å². The first kappa shape index (κ1) is 17.6. The Bertz CT molecular complexity index is 1070. The number of aromatic nitrogens is 4. The number of hydrogen-bond donors (Lipinski definition) is 1. The van der Waals surface area contributed by atoms with E-state index in [-0.39, 0.29) is 24.1 Å². The topological polar surface area (TPSA) is 90.9 Å². The molecule has 9 heteroatoms. The van der Waals surface area contributed by atoms with Crippen LogP contribution in [0.2, 0.25) is 0 Å². The number of rotatable bonds is 5. The molecule has 1 atom stereocenters. The van der Waals surface area contributed by atoms with Gasteiger partial charge in [-0.05, 0) is 5.56 Å². The Balaban J connectivity index is 1.78. The molecule has 1 amide bonds. The zero-order valence-electron chi connectivity index (χ0n) is 14.3. The van der Waals surface area contributed by atoms with Crippen molar-refractivity contribution in [1.29, 1.82) is 0 Å². The third-order valence-electron chi connectivity index (χ3n) is 4.11. The fraction of sp³-hybridized carbons (Fsp3) is 0.294. The van der Waals surface area contributed by atoms with E-state index in [1.165, 1.54) is 29.6 Å². The minimum atomic E-state index is -1.55. The Labute approximate surface area is 147 Å². The standard InChI is InChI=1S/C17H18FN5O3/c1-21-15-14(16(25)22(2)17(21)26)23(10-19-15)9-13(24)20-12(18)8-11-6-4-3-5-7-11/h3-7,10,12H,8-9H2,1-2H3,(H,20,24). The lowest BCUT2D eigenvalue weighted by atomic mass is 10.1. The predicted octanol–water partition coefficient (Wildman–Crippen LogP) is 0.0882. The molecule has 0 fully saturated rings. The highest BCUT2D eigenvalue weighted by Gasteiger charge is 2.17. The first-order valence-corrected chi connectivity index (χ1v) is 7.96. The second-order valence-electron chi connectivity index (χ2n) is 5.98. The first-order valence-electron chi connectivity index (χ1n) is 7.96. The Hall–Kier alpha value is -3.23. The van der Waals surface area contributed by atoms with E-state index in [0.29, 0.717) is 0 Å². The Kier molecular flexibility index (Phi) is 4.70. The lowest BCUT2D eigenvalue weighted by molar-refractivity contribution is -0.123. The number of alkyl halides is 1. The van der Waals surface area contributed by atoms with Gasteiger partial charge in [-0.3, -0.25) is 18.7 Å². The van der Waals surface area contributed by atoms with Crippen LogP contribution in [0.5, 0.6) is 0 Å². The van der Waals surface area contributed by atoms with E-state index in [9.17, 15) is 18.8 Å². The average Bonchev–Trinajstić information content (AvgIpc) is 3.02. The minimum absolute atomic E-state index is 0.0491. The van der Waals surface area contributed by atoms with Crippen LogP contribution in [0, 0.1) is 0 Å². The molecular weight excluding hydrogens is 341 g/mol. The number of benzene rings is 1. The Morgan fingerprint density at radius 2 is 1.88 bits per heavy atom. The maximum absolute atomic E-state index is 14.1. The van der Waals surface area contributed by atoms with E-state index in [1.54, 1.807) is 24.3 Å². The van der Waals surface area contributed by atoms with Crippen LogP contribution in [0.15, 0.2) is 46.2 Å². The van der Waals surface area contributed by atoms with Crippen molar-refractivity contribution in [1.82, 2.24) is 24.0 Å². The van der Waals surface area contributed by atoms with Gasteiger partial charge in [0.1, 0.15) is 6.54 Å². The number of amides is 1. The molecule has 0 aliphatic rings. The van der Waals surface area contributed by atoms with Gasteiger partial charge >= 0.3 is 5.69 Å². The summed E-state index contributed by atoms with van der Waals surface area (Å²) in [6.45, 7) is -0.279. The normalized spacial score (nSPS) is 12.3. The van der Waals surface area contributed by atoms with Crippen molar-refractivity contribution >= 4 is 17.1 Å². The van der Waals surface area contributed by atoms with Crippen LogP contribution in [0.1, 0.15) is 5.56 Å². The van der Waals surface area contributed by atoms with Gasteiger partial charge in [0.2, 0.25) is 5.91 Å². The number of nitrogens with one attached hydrogen (secondary N) is 1. The van der Waals surface area contributed by atoms with Crippen LogP contribution >= 0.6 is 0 Å². The van der Waals surface area contributed by atoms with Crippen molar-refractivity contribution in [2.24, 2.45) is 14.1 Å². The van der Waals surface area contributed by atoms with Gasteiger partial charge in [-0.2, -0.15) is 0 Å². The number of imidazole rings is 1. The summed E-state index contributed by atoms with van der Waals surface area (Å²) < 4.78 is 17.5. The van der Waals surface area contributed by atoms with Crippen molar-refractivity contribution in [3.8, 4) is 0 Å². The quantitative estimate of drug-likeness (QED) is 0.654. The van der Waals surface area contributed by atoms with Crippen molar-refractivity contribution < 1.29 is 9.18 Å². The molecule has 0 saturated carbocycles. The molecule has 0 bridgehead atoms. The Morgan fingerprint density at radius 1 is 1.19 bits per heavy atom. The van der Waals surface area contributed by atoms with Gasteiger partial charge in [0.15, 0.2) is 17.5 Å². The lowest BCUT2D eigenvalue weighted by Crippen LogP contribution is -2.39. The van der Waals surface area contributed by atoms with Gasteiger partial charge in [0.25, 0.3) is 5.56 Å². The van der Waals surface area contributed by atoms with Gasteiger partial charge in [0.05, 0.1) is 6.33 Å². The number of hydrogen-bond acceptors (Lipinski definition) is 4. The van der Waals surface area contributed by atoms with Gasteiger partial charge in [-0.15, -0.1) is 0 Å². The van der Waals surface area contributed by atoms with Crippen molar-refractivity contribution in [2.75, 3.05) is 0 Å². The van der Waals surface area contributed by atoms with Crippen LogP contribution in [-0.4, -0.2) is 30.9 Å². The van der Waals surface area contributed by atoms with Gasteiger partial charge in [-0.1, -0.05) is 30.3 Å². The fourth-order valence-electron chi connectivity index (χ4n) is 2.76. The van der Waals surface area contributed by atoms with Crippen LogP contribution in [-0.2, 0) is 31.9 Å². The number of carbonyl (C=O) groups excluding carboxylic acids is 1. The molecule has 136 valence electrons. The number of fused-ring (bicyclic) bond motifs is 1. The molecule has 1 unspecified atom stereocenters. The summed E-state index contributed by atoms with van der Waals surface area (Å²) in [7, 11) is 2.83. The van der Waals surface area contributed by atoms with Crippen molar-refractivity contribution in [2.45, 2.75) is 19.3 Å². The molecule has 0 spiro atoms. The molecule has 26 heavy (non-hydrogen) atoms. The lowest BCUT2D eigenvalue weighted by Gasteiger charge is -2.11. The molecule has 2 aromatic heterocycles. The fourth-order valence-corrected chi connectivity index (χ4v) is 2.76. The zero-order valence-corrected chi connectivity index (χ0v) is 14.3. The summed E-state index contributed by atoms with van der Waals surface area (Å²) in [5.74, 6) is -0.594. The molecule has 8 nitrogen and oxygen atoms in total. The second kappa shape index (κ2) is 6.95. The number of halogens is 1. The molecular formula is C17H18FN5O3. The minimum Gasteiger partial charge on any atom is -0.325 e. The summed E-state index contributed by atoms with van der Waals surface area (Å²) in [4.78, 5) is 40.4. The second-order valence-corrected chi connectivity index (χ2v) is 5.98. The first-order chi connectivity index (χ1) is 12.4. The summed E-state index contributed by atoms with van der Waals surface area (Å²) in [6, 6.07) is 8.95. The third-order valence-corrected chi connectivity index (χ3v) is 4.11. The highest BCUT2D eigenvalue weighted by molar-refractivity contribution is 5.79. The largest absolute Gasteiger partial charge is 0.332 e. The molecule has 0 radical (unpaired) electrons. The maximum atomic E-state index is 14.1. The van der Waals surface area contributed by atoms with E-state index in [0.717, 1.165) is 10.1 Å². The number of aryl methyl sites for hydroxylation is 1. The van der Waals surface area contributed by atoms with Crippen molar-refractivity contribution in [3.63, 3.8) is 0 Å². The van der Waals surface area contributed by atoms with E-state index in [4.69, 9.17) is 0 Å². The van der Waals surface area contributed by atoms with Crippen LogP contribution in [0.3, 0.4) is 0 Å². The summed E-state index contributed by atoms with van der Waals surface area (Å²) in [6.07, 6.45) is -0.213. The van der Waals surface area contributed by atoms with Crippen LogP contribution in [0.4, 0.5) is 4.39 Å². The number of carbonyl (C=O) groups is 1. The molecule has 0 saturated heterocycles. The van der Waals surface area contributed by atoms with E-state index >= 15 is 0 Å². The number of nitrogens with zero attached hydrogens (tertiary/aromatic N) is 4. The molecule has 1 aromatic carbocycles. The third kappa shape index (κ3) is 3.28. The molecule has 1 N–H and O–H groups in total. The maximum Gasteiger partial charge on any atom is 0.332 e. The zero-order chi connectivity index (χ0) is 18.8. The van der Waals surface area contributed by atoms with Gasteiger partial charge in [0, 0.05) is 20.5 Å². The Morgan fingerprint density at radius 3 is 2.58 bits per heavy atom. The van der Waals surface area contributed by atoms with Gasteiger partial charge < -0.3 is 9.88 Å². The van der Waals surface area contributed by atoms with E-state index < -0.39 is 23.5 Å². The molecule has 0 aliphatic carbocycles. The summed E-state index contributed by atoms with van der Waals surface area (Å²) in [5, 5.41) is 2.26. The SMILES string of the molecule is Cn1c(=O)c2c(ncn2CC(=O)NC(F)Cc2ccccc2)n(C)c1=O. The average molecular weight is 359 g/mol. The van der Waals surface area contributed by atoms with Crippen molar-refractivity contribution in [3.05, 3.63) is 63.1 Å². The smallest absolute Gasteiger partial charge is 0.325 e. The van der Waals surface area contributed by atoms with Gasteiger partial charge in [-0.25, -0.2) is 14.2 Å². The molecule has 0 aliphatic heterocycles. The van der Waals surface area contributed by atoms with Crippen LogP contribution in [0.25, 0.3) is 11.2 Å². The highest BCUT2D eigenvalue weighted by atomic mass is 19.1.